The second kappa shape index (κ2) is 8.12. The van der Waals surface area contributed by atoms with Crippen LogP contribution in [-0.2, 0) is 17.8 Å². The number of rotatable bonds is 6. The smallest absolute Gasteiger partial charge is 0.132 e. The minimum atomic E-state index is 0.238. The molecule has 0 bridgehead atoms. The van der Waals surface area contributed by atoms with Crippen LogP contribution < -0.4 is 5.32 Å². The van der Waals surface area contributed by atoms with Gasteiger partial charge in [0.05, 0.1) is 24.9 Å². The maximum Gasteiger partial charge on any atom is 0.132 e. The second-order valence-electron chi connectivity index (χ2n) is 6.38. The van der Waals surface area contributed by atoms with Crippen LogP contribution in [0, 0.1) is 6.92 Å². The van der Waals surface area contributed by atoms with E-state index in [2.05, 4.69) is 34.5 Å². The van der Waals surface area contributed by atoms with Gasteiger partial charge >= 0.3 is 0 Å². The lowest BCUT2D eigenvalue weighted by atomic mass is 10.2. The molecule has 1 aromatic carbocycles. The van der Waals surface area contributed by atoms with Gasteiger partial charge in [-0.2, -0.15) is 5.10 Å². The molecule has 1 N–H and O–H groups in total. The number of halogens is 1. The normalized spacial score (nSPS) is 18.9. The molecule has 0 aliphatic carbocycles. The molecule has 2 heterocycles. The van der Waals surface area contributed by atoms with Crippen molar-refractivity contribution in [3.05, 3.63) is 52.3 Å². The summed E-state index contributed by atoms with van der Waals surface area (Å²) in [6.07, 6.45) is 0.238. The molecule has 6 heteroatoms. The van der Waals surface area contributed by atoms with Gasteiger partial charge in [-0.1, -0.05) is 41.9 Å². The van der Waals surface area contributed by atoms with E-state index in [-0.39, 0.29) is 6.10 Å². The average molecular weight is 349 g/mol. The molecule has 130 valence electrons. The quantitative estimate of drug-likeness (QED) is 0.870. The van der Waals surface area contributed by atoms with Gasteiger partial charge < -0.3 is 15.0 Å². The molecule has 0 amide bonds. The maximum absolute atomic E-state index is 6.55. The molecule has 5 nitrogen and oxygen atoms in total. The van der Waals surface area contributed by atoms with E-state index < -0.39 is 0 Å². The predicted molar refractivity (Wildman–Crippen MR) is 96.5 cm³/mol. The van der Waals surface area contributed by atoms with E-state index >= 15 is 0 Å². The standard InChI is InChI=1S/C18H25ClN4O/c1-14-17(11-20-10-16-13-22(2)8-9-24-16)18(19)23(21-14)12-15-6-4-3-5-7-15/h3-7,16,20H,8-13H2,1-2H3/t16-/m0/s1. The topological polar surface area (TPSA) is 42.3 Å². The Morgan fingerprint density at radius 1 is 1.33 bits per heavy atom. The lowest BCUT2D eigenvalue weighted by Crippen LogP contribution is -2.44. The number of likely N-dealkylation sites (N-methyl/N-ethyl adjacent to an activating group) is 1. The first-order chi connectivity index (χ1) is 11.6. The Bertz CT molecular complexity index is 659. The van der Waals surface area contributed by atoms with Crippen molar-refractivity contribution < 1.29 is 4.74 Å². The third kappa shape index (κ3) is 4.36. The molecule has 0 spiro atoms. The minimum Gasteiger partial charge on any atom is -0.374 e. The highest BCUT2D eigenvalue weighted by Crippen LogP contribution is 2.20. The molecule has 0 unspecified atom stereocenters. The van der Waals surface area contributed by atoms with Crippen LogP contribution in [0.2, 0.25) is 5.15 Å². The van der Waals surface area contributed by atoms with Crippen LogP contribution in [0.5, 0.6) is 0 Å². The Morgan fingerprint density at radius 2 is 2.12 bits per heavy atom. The Hall–Kier alpha value is -1.40. The fourth-order valence-corrected chi connectivity index (χ4v) is 3.30. The number of aromatic nitrogens is 2. The number of ether oxygens (including phenoxy) is 1. The summed E-state index contributed by atoms with van der Waals surface area (Å²) in [5.41, 5.74) is 3.24. The van der Waals surface area contributed by atoms with Gasteiger partial charge in [-0.15, -0.1) is 0 Å². The van der Waals surface area contributed by atoms with Crippen molar-refractivity contribution in [3.63, 3.8) is 0 Å². The van der Waals surface area contributed by atoms with Crippen molar-refractivity contribution >= 4 is 11.6 Å². The first-order valence-corrected chi connectivity index (χ1v) is 8.78. The van der Waals surface area contributed by atoms with Crippen molar-refractivity contribution in [2.45, 2.75) is 26.1 Å². The number of nitrogens with zero attached hydrogens (tertiary/aromatic N) is 3. The van der Waals surface area contributed by atoms with Crippen molar-refractivity contribution in [3.8, 4) is 0 Å². The zero-order valence-electron chi connectivity index (χ0n) is 14.3. The first-order valence-electron chi connectivity index (χ1n) is 8.40. The lowest BCUT2D eigenvalue weighted by molar-refractivity contribution is -0.0182. The molecule has 1 atom stereocenters. The number of hydrogen-bond acceptors (Lipinski definition) is 4. The molecular formula is C18H25ClN4O. The van der Waals surface area contributed by atoms with E-state index in [0.29, 0.717) is 18.2 Å². The van der Waals surface area contributed by atoms with Crippen molar-refractivity contribution in [2.75, 3.05) is 33.3 Å². The molecule has 3 rings (SSSR count). The fourth-order valence-electron chi connectivity index (χ4n) is 3.00. The number of nitrogens with one attached hydrogen (secondary N) is 1. The lowest BCUT2D eigenvalue weighted by Gasteiger charge is -2.30. The molecule has 0 radical (unpaired) electrons. The largest absolute Gasteiger partial charge is 0.374 e. The monoisotopic (exact) mass is 348 g/mol. The van der Waals surface area contributed by atoms with Crippen LogP contribution in [0.25, 0.3) is 0 Å². The zero-order valence-corrected chi connectivity index (χ0v) is 15.1. The summed E-state index contributed by atoms with van der Waals surface area (Å²) in [5.74, 6) is 0. The number of hydrogen-bond donors (Lipinski definition) is 1. The predicted octanol–water partition coefficient (Wildman–Crippen LogP) is 2.31. The second-order valence-corrected chi connectivity index (χ2v) is 6.74. The Kier molecular flexibility index (Phi) is 5.89. The van der Waals surface area contributed by atoms with Gasteiger partial charge in [-0.25, -0.2) is 4.68 Å². The van der Waals surface area contributed by atoms with Crippen LogP contribution in [-0.4, -0.2) is 54.1 Å². The van der Waals surface area contributed by atoms with E-state index in [4.69, 9.17) is 16.3 Å². The van der Waals surface area contributed by atoms with E-state index in [1.165, 1.54) is 5.56 Å². The van der Waals surface area contributed by atoms with E-state index in [0.717, 1.165) is 37.5 Å². The Morgan fingerprint density at radius 3 is 2.88 bits per heavy atom. The third-order valence-electron chi connectivity index (χ3n) is 4.37. The van der Waals surface area contributed by atoms with Gasteiger partial charge in [-0.05, 0) is 19.5 Å². The summed E-state index contributed by atoms with van der Waals surface area (Å²) in [7, 11) is 2.13. The minimum absolute atomic E-state index is 0.238. The van der Waals surface area contributed by atoms with Crippen molar-refractivity contribution in [1.29, 1.82) is 0 Å². The summed E-state index contributed by atoms with van der Waals surface area (Å²) in [6, 6.07) is 10.2. The van der Waals surface area contributed by atoms with Gasteiger partial charge in [0.1, 0.15) is 5.15 Å². The average Bonchev–Trinajstić information content (AvgIpc) is 2.83. The number of benzene rings is 1. The van der Waals surface area contributed by atoms with E-state index in [9.17, 15) is 0 Å². The van der Waals surface area contributed by atoms with Crippen LogP contribution in [0.3, 0.4) is 0 Å². The molecule has 1 fully saturated rings. The highest BCUT2D eigenvalue weighted by Gasteiger charge is 2.18. The number of aryl methyl sites for hydroxylation is 1. The van der Waals surface area contributed by atoms with E-state index in [1.807, 2.05) is 29.8 Å². The fraction of sp³-hybridized carbons (Fsp3) is 0.500. The Balaban J connectivity index is 1.58. The molecule has 0 saturated carbocycles. The highest BCUT2D eigenvalue weighted by molar-refractivity contribution is 6.30. The molecule has 1 aliphatic heterocycles. The molecule has 24 heavy (non-hydrogen) atoms. The van der Waals surface area contributed by atoms with Crippen LogP contribution in [0.1, 0.15) is 16.8 Å². The van der Waals surface area contributed by atoms with Crippen molar-refractivity contribution in [2.24, 2.45) is 0 Å². The van der Waals surface area contributed by atoms with Crippen molar-refractivity contribution in [1.82, 2.24) is 20.0 Å². The summed E-state index contributed by atoms with van der Waals surface area (Å²) >= 11 is 6.55. The van der Waals surface area contributed by atoms with Crippen LogP contribution in [0.15, 0.2) is 30.3 Å². The first kappa shape index (κ1) is 17.4. The SMILES string of the molecule is Cc1nn(Cc2ccccc2)c(Cl)c1CNC[C@H]1CN(C)CCO1. The molecular weight excluding hydrogens is 324 g/mol. The van der Waals surface area contributed by atoms with Crippen LogP contribution >= 0.6 is 11.6 Å². The summed E-state index contributed by atoms with van der Waals surface area (Å²) in [6.45, 7) is 7.01. The highest BCUT2D eigenvalue weighted by atomic mass is 35.5. The van der Waals surface area contributed by atoms with E-state index in [1.54, 1.807) is 0 Å². The van der Waals surface area contributed by atoms with Gasteiger partial charge in [0.25, 0.3) is 0 Å². The molecule has 1 aromatic heterocycles. The van der Waals surface area contributed by atoms with Gasteiger partial charge in [0.15, 0.2) is 0 Å². The van der Waals surface area contributed by atoms with Crippen LogP contribution in [0.4, 0.5) is 0 Å². The van der Waals surface area contributed by atoms with Gasteiger partial charge in [0.2, 0.25) is 0 Å². The summed E-state index contributed by atoms with van der Waals surface area (Å²) in [4.78, 5) is 2.30. The number of morpholine rings is 1. The van der Waals surface area contributed by atoms with Gasteiger partial charge in [-0.3, -0.25) is 0 Å². The summed E-state index contributed by atoms with van der Waals surface area (Å²) < 4.78 is 7.64. The summed E-state index contributed by atoms with van der Waals surface area (Å²) in [5, 5.41) is 8.76. The molecule has 1 saturated heterocycles. The molecule has 2 aromatic rings. The Labute approximate surface area is 148 Å². The third-order valence-corrected chi connectivity index (χ3v) is 4.80. The maximum atomic E-state index is 6.55. The zero-order chi connectivity index (χ0) is 16.9. The van der Waals surface area contributed by atoms with Gasteiger partial charge in [0, 0.05) is 31.7 Å². The molecule has 1 aliphatic rings.